The van der Waals surface area contributed by atoms with Crippen LogP contribution in [-0.2, 0) is 22.6 Å². The molecule has 38 heavy (non-hydrogen) atoms. The van der Waals surface area contributed by atoms with Crippen molar-refractivity contribution in [1.82, 2.24) is 20.7 Å². The Balaban J connectivity index is 1.55. The number of carbonyl (C=O) groups excluding carboxylic acids is 3. The summed E-state index contributed by atoms with van der Waals surface area (Å²) < 4.78 is 33.9. The van der Waals surface area contributed by atoms with Crippen LogP contribution >= 0.6 is 11.3 Å². The SMILES string of the molecule is Cc1noc(C)c1C(=O)N[C@@H](Cc1ccccc1)[C@H](O)C(=O)N1CC(F)(F)C[C@H]1C(=O)NCc1cccs1. The van der Waals surface area contributed by atoms with Crippen LogP contribution in [0.3, 0.4) is 0 Å². The topological polar surface area (TPSA) is 125 Å². The second kappa shape index (κ2) is 11.4. The molecule has 3 aromatic rings. The van der Waals surface area contributed by atoms with Gasteiger partial charge >= 0.3 is 0 Å². The normalized spacial score (nSPS) is 18.1. The quantitative estimate of drug-likeness (QED) is 0.379. The van der Waals surface area contributed by atoms with Gasteiger partial charge in [-0.3, -0.25) is 14.4 Å². The van der Waals surface area contributed by atoms with Crippen LogP contribution in [0.4, 0.5) is 8.78 Å². The third-order valence-electron chi connectivity index (χ3n) is 6.38. The lowest BCUT2D eigenvalue weighted by atomic mass is 9.99. The van der Waals surface area contributed by atoms with Gasteiger partial charge < -0.3 is 25.2 Å². The molecule has 0 spiro atoms. The Morgan fingerprint density at radius 2 is 1.95 bits per heavy atom. The number of halogens is 2. The molecule has 3 amide bonds. The van der Waals surface area contributed by atoms with Crippen LogP contribution < -0.4 is 10.6 Å². The molecule has 1 saturated heterocycles. The minimum absolute atomic E-state index is 0.0301. The summed E-state index contributed by atoms with van der Waals surface area (Å²) in [6, 6.07) is 9.72. The molecule has 3 atom stereocenters. The van der Waals surface area contributed by atoms with Crippen LogP contribution in [0.1, 0.15) is 38.7 Å². The van der Waals surface area contributed by atoms with E-state index < -0.39 is 54.8 Å². The number of rotatable bonds is 9. The second-order valence-electron chi connectivity index (χ2n) is 9.25. The number of amides is 3. The van der Waals surface area contributed by atoms with E-state index in [1.165, 1.54) is 11.3 Å². The van der Waals surface area contributed by atoms with Crippen LogP contribution in [0.5, 0.6) is 0 Å². The third-order valence-corrected chi connectivity index (χ3v) is 7.26. The Morgan fingerprint density at radius 1 is 1.21 bits per heavy atom. The fourth-order valence-corrected chi connectivity index (χ4v) is 5.13. The summed E-state index contributed by atoms with van der Waals surface area (Å²) in [4.78, 5) is 40.8. The molecule has 0 aliphatic carbocycles. The highest BCUT2D eigenvalue weighted by molar-refractivity contribution is 7.09. The zero-order valence-corrected chi connectivity index (χ0v) is 21.6. The maximum Gasteiger partial charge on any atom is 0.267 e. The maximum atomic E-state index is 14.4. The predicted octanol–water partition coefficient (Wildman–Crippen LogP) is 2.61. The fraction of sp³-hybridized carbons (Fsp3) is 0.385. The van der Waals surface area contributed by atoms with Gasteiger partial charge in [0, 0.05) is 11.3 Å². The summed E-state index contributed by atoms with van der Waals surface area (Å²) in [5.41, 5.74) is 1.17. The first-order valence-electron chi connectivity index (χ1n) is 12.0. The molecule has 0 radical (unpaired) electrons. The van der Waals surface area contributed by atoms with Gasteiger partial charge in [0.2, 0.25) is 5.91 Å². The van der Waals surface area contributed by atoms with Crippen LogP contribution in [0, 0.1) is 13.8 Å². The molecule has 0 unspecified atom stereocenters. The summed E-state index contributed by atoms with van der Waals surface area (Å²) in [5.74, 6) is -5.50. The van der Waals surface area contributed by atoms with Gasteiger partial charge in [0.15, 0.2) is 6.10 Å². The van der Waals surface area contributed by atoms with Gasteiger partial charge in [-0.1, -0.05) is 41.6 Å². The van der Waals surface area contributed by atoms with E-state index in [4.69, 9.17) is 4.52 Å². The number of aliphatic hydroxyl groups excluding tert-OH is 1. The van der Waals surface area contributed by atoms with Crippen LogP contribution in [-0.4, -0.2) is 63.5 Å². The highest BCUT2D eigenvalue weighted by Gasteiger charge is 2.51. The van der Waals surface area contributed by atoms with Crippen LogP contribution in [0.15, 0.2) is 52.4 Å². The average molecular weight is 547 g/mol. The Hall–Kier alpha value is -3.64. The molecule has 1 aliphatic heterocycles. The molecule has 1 aliphatic rings. The Morgan fingerprint density at radius 3 is 2.58 bits per heavy atom. The lowest BCUT2D eigenvalue weighted by Crippen LogP contribution is -2.56. The van der Waals surface area contributed by atoms with Crippen molar-refractivity contribution in [2.45, 2.75) is 57.3 Å². The average Bonchev–Trinajstić information content (AvgIpc) is 3.60. The van der Waals surface area contributed by atoms with Gasteiger partial charge in [-0.2, -0.15) is 0 Å². The molecule has 3 heterocycles. The van der Waals surface area contributed by atoms with Crippen molar-refractivity contribution in [1.29, 1.82) is 0 Å². The monoisotopic (exact) mass is 546 g/mol. The Labute approximate surface area is 221 Å². The molecule has 3 N–H and O–H groups in total. The Kier molecular flexibility index (Phi) is 8.22. The number of aromatic nitrogens is 1. The number of hydrogen-bond donors (Lipinski definition) is 3. The lowest BCUT2D eigenvalue weighted by Gasteiger charge is -2.30. The number of hydrogen-bond acceptors (Lipinski definition) is 7. The van der Waals surface area contributed by atoms with E-state index in [2.05, 4.69) is 15.8 Å². The van der Waals surface area contributed by atoms with Crippen molar-refractivity contribution in [3.63, 3.8) is 0 Å². The summed E-state index contributed by atoms with van der Waals surface area (Å²) in [6.45, 7) is 2.24. The minimum atomic E-state index is -3.31. The number of aryl methyl sites for hydroxylation is 2. The van der Waals surface area contributed by atoms with Gasteiger partial charge in [0.1, 0.15) is 17.4 Å². The number of nitrogens with zero attached hydrogens (tertiary/aromatic N) is 2. The molecule has 0 saturated carbocycles. The second-order valence-corrected chi connectivity index (χ2v) is 10.3. The van der Waals surface area contributed by atoms with Crippen molar-refractivity contribution in [3.8, 4) is 0 Å². The molecule has 1 aromatic carbocycles. The largest absolute Gasteiger partial charge is 0.381 e. The number of thiophene rings is 1. The molecule has 1 fully saturated rings. The highest BCUT2D eigenvalue weighted by Crippen LogP contribution is 2.33. The predicted molar refractivity (Wildman–Crippen MR) is 135 cm³/mol. The van der Waals surface area contributed by atoms with Gasteiger partial charge in [0.05, 0.1) is 24.8 Å². The summed E-state index contributed by atoms with van der Waals surface area (Å²) in [7, 11) is 0. The number of aliphatic hydroxyl groups is 1. The van der Waals surface area contributed by atoms with Gasteiger partial charge in [-0.15, -0.1) is 11.3 Å². The zero-order valence-electron chi connectivity index (χ0n) is 20.8. The number of likely N-dealkylation sites (tertiary alicyclic amines) is 1. The molecule has 2 aromatic heterocycles. The smallest absolute Gasteiger partial charge is 0.267 e. The molecule has 4 rings (SSSR count). The van der Waals surface area contributed by atoms with E-state index in [0.29, 0.717) is 16.2 Å². The number of nitrogens with one attached hydrogen (secondary N) is 2. The number of carbonyl (C=O) groups is 3. The van der Waals surface area contributed by atoms with Gasteiger partial charge in [-0.05, 0) is 37.3 Å². The van der Waals surface area contributed by atoms with Crippen molar-refractivity contribution >= 4 is 29.1 Å². The standard InChI is InChI=1S/C26H28F2N4O5S/c1-15-21(16(2)37-31-15)24(35)30-19(11-17-7-4-3-5-8-17)22(33)25(36)32-14-26(27,28)12-20(32)23(34)29-13-18-9-6-10-38-18/h3-10,19-20,22,33H,11-14H2,1-2H3,(H,29,34)(H,30,35)/t19-,20-,22-/m0/s1. The van der Waals surface area contributed by atoms with E-state index in [1.807, 2.05) is 5.38 Å². The Bertz CT molecular complexity index is 1260. The molecular formula is C26H28F2N4O5S. The van der Waals surface area contributed by atoms with E-state index in [9.17, 15) is 28.3 Å². The minimum Gasteiger partial charge on any atom is -0.381 e. The highest BCUT2D eigenvalue weighted by atomic mass is 32.1. The fourth-order valence-electron chi connectivity index (χ4n) is 4.49. The van der Waals surface area contributed by atoms with Gasteiger partial charge in [0.25, 0.3) is 17.7 Å². The molecule has 9 nitrogen and oxygen atoms in total. The summed E-state index contributed by atoms with van der Waals surface area (Å²) >= 11 is 1.40. The van der Waals surface area contributed by atoms with Crippen molar-refractivity contribution in [2.24, 2.45) is 0 Å². The van der Waals surface area contributed by atoms with Crippen molar-refractivity contribution in [2.75, 3.05) is 6.54 Å². The van der Waals surface area contributed by atoms with E-state index in [0.717, 1.165) is 4.88 Å². The first-order valence-corrected chi connectivity index (χ1v) is 12.9. The molecular weight excluding hydrogens is 518 g/mol. The van der Waals surface area contributed by atoms with E-state index in [1.54, 1.807) is 56.3 Å². The van der Waals surface area contributed by atoms with E-state index in [-0.39, 0.29) is 24.3 Å². The van der Waals surface area contributed by atoms with Crippen molar-refractivity contribution < 1.29 is 32.8 Å². The van der Waals surface area contributed by atoms with Crippen LogP contribution in [0.25, 0.3) is 0 Å². The van der Waals surface area contributed by atoms with Gasteiger partial charge in [-0.25, -0.2) is 8.78 Å². The molecule has 202 valence electrons. The zero-order chi connectivity index (χ0) is 27.4. The molecule has 12 heteroatoms. The lowest BCUT2D eigenvalue weighted by molar-refractivity contribution is -0.147. The maximum absolute atomic E-state index is 14.4. The number of benzene rings is 1. The first kappa shape index (κ1) is 27.4. The van der Waals surface area contributed by atoms with Crippen LogP contribution in [0.2, 0.25) is 0 Å². The molecule has 0 bridgehead atoms. The van der Waals surface area contributed by atoms with E-state index >= 15 is 0 Å². The summed E-state index contributed by atoms with van der Waals surface area (Å²) in [5, 5.41) is 21.9. The number of alkyl halides is 2. The first-order chi connectivity index (χ1) is 18.1. The van der Waals surface area contributed by atoms with Crippen molar-refractivity contribution in [3.05, 3.63) is 75.3 Å². The summed E-state index contributed by atoms with van der Waals surface area (Å²) in [6.07, 6.45) is -2.74. The third kappa shape index (κ3) is 6.25.